The molecule has 1 aromatic heterocycles. The van der Waals surface area contributed by atoms with Gasteiger partial charge in [-0.3, -0.25) is 4.57 Å². The standard InChI is InChI=1S/C34H29Cl2F3N2O4/c35-26-16-25(34(37,38)39)17-27-29(26)40-33(36)41(27)32-31(44-20-24-14-8-3-9-15-24)30(43-19-23-12-6-2-7-13-23)28(45-32)21-42-18-22-10-4-1-5-11-22/h1-17,28,30-32H,18-21H2/t28-,30-,31-,32-/m1/s1. The Morgan fingerprint density at radius 1 is 0.733 bits per heavy atom. The maximum absolute atomic E-state index is 13.8. The largest absolute Gasteiger partial charge is 0.416 e. The molecule has 1 aliphatic rings. The highest BCUT2D eigenvalue weighted by molar-refractivity contribution is 6.36. The smallest absolute Gasteiger partial charge is 0.374 e. The van der Waals surface area contributed by atoms with Crippen LogP contribution in [0.1, 0.15) is 28.5 Å². The molecular formula is C34H29Cl2F3N2O4. The SMILES string of the molecule is FC(F)(F)c1cc(Cl)c2nc(Cl)n([C@@H]3O[C@H](COCc4ccccc4)[C@@H](OCc4ccccc4)[C@H]3OCc3ccccc3)c2c1. The molecule has 1 aliphatic heterocycles. The number of rotatable bonds is 11. The van der Waals surface area contributed by atoms with Gasteiger partial charge in [0.25, 0.3) is 0 Å². The second kappa shape index (κ2) is 13.9. The molecule has 4 aromatic carbocycles. The molecule has 6 nitrogen and oxygen atoms in total. The minimum atomic E-state index is -4.64. The zero-order valence-electron chi connectivity index (χ0n) is 23.9. The van der Waals surface area contributed by atoms with E-state index >= 15 is 0 Å². The van der Waals surface area contributed by atoms with E-state index in [9.17, 15) is 13.2 Å². The van der Waals surface area contributed by atoms with Crippen LogP contribution in [0.25, 0.3) is 11.0 Å². The molecule has 4 atom stereocenters. The molecule has 0 aliphatic carbocycles. The minimum Gasteiger partial charge on any atom is -0.374 e. The summed E-state index contributed by atoms with van der Waals surface area (Å²) in [5.41, 5.74) is 2.04. The van der Waals surface area contributed by atoms with Crippen molar-refractivity contribution in [1.82, 2.24) is 9.55 Å². The van der Waals surface area contributed by atoms with Crippen molar-refractivity contribution in [2.75, 3.05) is 6.61 Å². The zero-order valence-corrected chi connectivity index (χ0v) is 25.4. The highest BCUT2D eigenvalue weighted by Gasteiger charge is 2.49. The van der Waals surface area contributed by atoms with Crippen molar-refractivity contribution < 1.29 is 32.1 Å². The van der Waals surface area contributed by atoms with Crippen LogP contribution in [0.15, 0.2) is 103 Å². The molecule has 0 N–H and O–H groups in total. The monoisotopic (exact) mass is 656 g/mol. The van der Waals surface area contributed by atoms with Crippen LogP contribution in [0.3, 0.4) is 0 Å². The predicted molar refractivity (Wildman–Crippen MR) is 165 cm³/mol. The molecule has 6 rings (SSSR count). The molecule has 11 heteroatoms. The Kier molecular flexibility index (Phi) is 9.75. The molecule has 1 fully saturated rings. The van der Waals surface area contributed by atoms with E-state index in [1.165, 1.54) is 4.57 Å². The Morgan fingerprint density at radius 2 is 1.27 bits per heavy atom. The number of hydrogen-bond acceptors (Lipinski definition) is 5. The normalized spacial score (nSPS) is 20.2. The molecule has 2 heterocycles. The summed E-state index contributed by atoms with van der Waals surface area (Å²) in [6.45, 7) is 0.873. The summed E-state index contributed by atoms with van der Waals surface area (Å²) >= 11 is 12.9. The Morgan fingerprint density at radius 3 is 1.82 bits per heavy atom. The van der Waals surface area contributed by atoms with E-state index in [0.717, 1.165) is 28.8 Å². The van der Waals surface area contributed by atoms with Crippen LogP contribution in [-0.4, -0.2) is 34.5 Å². The van der Waals surface area contributed by atoms with Gasteiger partial charge in [0.05, 0.1) is 42.5 Å². The summed E-state index contributed by atoms with van der Waals surface area (Å²) in [4.78, 5) is 4.30. The molecule has 0 unspecified atom stereocenters. The van der Waals surface area contributed by atoms with Crippen molar-refractivity contribution in [3.8, 4) is 0 Å². The average molecular weight is 658 g/mol. The number of alkyl halides is 3. The van der Waals surface area contributed by atoms with Gasteiger partial charge >= 0.3 is 6.18 Å². The number of nitrogens with zero attached hydrogens (tertiary/aromatic N) is 2. The molecule has 0 spiro atoms. The molecule has 1 saturated heterocycles. The Bertz CT molecular complexity index is 1710. The molecule has 0 bridgehead atoms. The fraction of sp³-hybridized carbons (Fsp3) is 0.265. The first kappa shape index (κ1) is 31.5. The fourth-order valence-corrected chi connectivity index (χ4v) is 5.89. The molecule has 45 heavy (non-hydrogen) atoms. The number of halogens is 5. The second-order valence-corrected chi connectivity index (χ2v) is 11.4. The lowest BCUT2D eigenvalue weighted by atomic mass is 10.1. The molecule has 234 valence electrons. The first-order chi connectivity index (χ1) is 21.8. The lowest BCUT2D eigenvalue weighted by molar-refractivity contribution is -0.137. The van der Waals surface area contributed by atoms with Crippen LogP contribution in [0.2, 0.25) is 10.3 Å². The summed E-state index contributed by atoms with van der Waals surface area (Å²) in [6.07, 6.45) is -7.84. The van der Waals surface area contributed by atoms with Gasteiger partial charge in [-0.15, -0.1) is 0 Å². The first-order valence-electron chi connectivity index (χ1n) is 14.3. The number of benzene rings is 4. The number of ether oxygens (including phenoxy) is 4. The van der Waals surface area contributed by atoms with Gasteiger partial charge in [0.1, 0.15) is 23.8 Å². The van der Waals surface area contributed by atoms with Crippen molar-refractivity contribution in [2.45, 2.75) is 50.5 Å². The molecule has 0 radical (unpaired) electrons. The van der Waals surface area contributed by atoms with Gasteiger partial charge in [-0.2, -0.15) is 13.2 Å². The Balaban J connectivity index is 1.37. The second-order valence-electron chi connectivity index (χ2n) is 10.7. The maximum atomic E-state index is 13.8. The van der Waals surface area contributed by atoms with E-state index in [4.69, 9.17) is 42.1 Å². The van der Waals surface area contributed by atoms with Crippen molar-refractivity contribution in [2.24, 2.45) is 0 Å². The highest BCUT2D eigenvalue weighted by Crippen LogP contribution is 2.42. The number of hydrogen-bond donors (Lipinski definition) is 0. The van der Waals surface area contributed by atoms with E-state index in [-0.39, 0.29) is 41.2 Å². The van der Waals surface area contributed by atoms with Crippen LogP contribution in [0.5, 0.6) is 0 Å². The third-order valence-corrected chi connectivity index (χ3v) is 8.09. The van der Waals surface area contributed by atoms with Crippen molar-refractivity contribution in [3.05, 3.63) is 136 Å². The van der Waals surface area contributed by atoms with Crippen molar-refractivity contribution >= 4 is 34.2 Å². The summed E-state index contributed by atoms with van der Waals surface area (Å²) in [5.74, 6) is 0. The quantitative estimate of drug-likeness (QED) is 0.142. The summed E-state index contributed by atoms with van der Waals surface area (Å²) in [5, 5.41) is -0.281. The van der Waals surface area contributed by atoms with Crippen LogP contribution in [0.4, 0.5) is 13.2 Å². The van der Waals surface area contributed by atoms with E-state index in [2.05, 4.69) is 4.98 Å². The lowest BCUT2D eigenvalue weighted by Gasteiger charge is -2.26. The van der Waals surface area contributed by atoms with Gasteiger partial charge in [-0.05, 0) is 40.4 Å². The Labute approximate surface area is 268 Å². The van der Waals surface area contributed by atoms with Gasteiger partial charge in [0, 0.05) is 0 Å². The third-order valence-electron chi connectivity index (χ3n) is 7.54. The van der Waals surface area contributed by atoms with Gasteiger partial charge < -0.3 is 18.9 Å². The highest BCUT2D eigenvalue weighted by atomic mass is 35.5. The fourth-order valence-electron chi connectivity index (χ4n) is 5.36. The van der Waals surface area contributed by atoms with E-state index in [0.29, 0.717) is 6.61 Å². The summed E-state index contributed by atoms with van der Waals surface area (Å²) in [7, 11) is 0. The number of aromatic nitrogens is 2. The minimum absolute atomic E-state index is 0.0609. The van der Waals surface area contributed by atoms with Gasteiger partial charge in [-0.1, -0.05) is 103 Å². The maximum Gasteiger partial charge on any atom is 0.416 e. The van der Waals surface area contributed by atoms with E-state index in [1.54, 1.807) is 0 Å². The molecule has 0 amide bonds. The number of imidazole rings is 1. The van der Waals surface area contributed by atoms with Crippen molar-refractivity contribution in [1.29, 1.82) is 0 Å². The predicted octanol–water partition coefficient (Wildman–Crippen LogP) is 8.65. The summed E-state index contributed by atoms with van der Waals surface area (Å²) < 4.78 is 68.5. The molecular weight excluding hydrogens is 628 g/mol. The van der Waals surface area contributed by atoms with Gasteiger partial charge in [0.15, 0.2) is 6.23 Å². The van der Waals surface area contributed by atoms with Crippen LogP contribution >= 0.6 is 23.2 Å². The van der Waals surface area contributed by atoms with E-state index < -0.39 is 36.3 Å². The van der Waals surface area contributed by atoms with Crippen molar-refractivity contribution in [3.63, 3.8) is 0 Å². The van der Waals surface area contributed by atoms with Gasteiger partial charge in [0.2, 0.25) is 5.28 Å². The van der Waals surface area contributed by atoms with Gasteiger partial charge in [-0.25, -0.2) is 4.98 Å². The molecule has 5 aromatic rings. The first-order valence-corrected chi connectivity index (χ1v) is 15.1. The molecule has 0 saturated carbocycles. The van der Waals surface area contributed by atoms with Crippen LogP contribution in [0, 0.1) is 0 Å². The zero-order chi connectivity index (χ0) is 31.4. The number of fused-ring (bicyclic) bond motifs is 1. The van der Waals surface area contributed by atoms with Crippen LogP contribution in [-0.2, 0) is 44.9 Å². The van der Waals surface area contributed by atoms with Crippen LogP contribution < -0.4 is 0 Å². The summed E-state index contributed by atoms with van der Waals surface area (Å²) in [6, 6.07) is 30.6. The van der Waals surface area contributed by atoms with E-state index in [1.807, 2.05) is 91.0 Å². The topological polar surface area (TPSA) is 54.7 Å². The lowest BCUT2D eigenvalue weighted by Crippen LogP contribution is -2.38. The Hall–Kier alpha value is -3.44. The average Bonchev–Trinajstić information content (AvgIpc) is 3.56. The third kappa shape index (κ3) is 7.35.